The van der Waals surface area contributed by atoms with Crippen LogP contribution in [0.25, 0.3) is 0 Å². The highest BCUT2D eigenvalue weighted by atomic mass is 14.9. The molecule has 0 radical (unpaired) electrons. The van der Waals surface area contributed by atoms with Crippen LogP contribution in [0.2, 0.25) is 0 Å². The van der Waals surface area contributed by atoms with Crippen LogP contribution in [0.15, 0.2) is 36.4 Å². The number of hydrogen-bond acceptors (Lipinski definition) is 1. The topological polar surface area (TPSA) is 12.0 Å². The number of aryl methyl sites for hydroxylation is 3. The second-order valence-corrected chi connectivity index (χ2v) is 6.07. The molecular formula is C19H23N. The van der Waals surface area contributed by atoms with Gasteiger partial charge >= 0.3 is 0 Å². The third-order valence-electron chi connectivity index (χ3n) is 4.83. The molecule has 0 fully saturated rings. The lowest BCUT2D eigenvalue weighted by Gasteiger charge is -2.37. The second-order valence-electron chi connectivity index (χ2n) is 6.07. The average Bonchev–Trinajstić information content (AvgIpc) is 2.41. The van der Waals surface area contributed by atoms with Gasteiger partial charge in [-0.05, 0) is 67.6 Å². The normalized spacial score (nSPS) is 18.3. The van der Waals surface area contributed by atoms with E-state index in [1.54, 1.807) is 0 Å². The van der Waals surface area contributed by atoms with Crippen molar-refractivity contribution in [2.45, 2.75) is 39.2 Å². The molecule has 0 bridgehead atoms. The zero-order valence-electron chi connectivity index (χ0n) is 12.8. The minimum atomic E-state index is 0.421. The maximum atomic E-state index is 3.55. The van der Waals surface area contributed by atoms with Gasteiger partial charge in [0.1, 0.15) is 0 Å². The Morgan fingerprint density at radius 3 is 2.40 bits per heavy atom. The molecule has 1 nitrogen and oxygen atoms in total. The number of likely N-dealkylation sites (N-methyl/N-ethyl adjacent to an activating group) is 1. The maximum Gasteiger partial charge on any atom is 0.0393 e. The van der Waals surface area contributed by atoms with Crippen LogP contribution in [0.4, 0.5) is 0 Å². The molecule has 0 saturated heterocycles. The van der Waals surface area contributed by atoms with E-state index >= 15 is 0 Å². The summed E-state index contributed by atoms with van der Waals surface area (Å²) in [6.45, 7) is 6.63. The SMILES string of the molecule is CNC(c1cc(C)c(C)cc1C)C1Cc2ccccc21. The van der Waals surface area contributed by atoms with Gasteiger partial charge in [-0.25, -0.2) is 0 Å². The Bertz CT molecular complexity index is 642. The van der Waals surface area contributed by atoms with Crippen molar-refractivity contribution in [3.8, 4) is 0 Å². The van der Waals surface area contributed by atoms with E-state index in [0.717, 1.165) is 0 Å². The minimum Gasteiger partial charge on any atom is -0.312 e. The zero-order chi connectivity index (χ0) is 14.3. The molecule has 3 rings (SSSR count). The van der Waals surface area contributed by atoms with Crippen molar-refractivity contribution in [2.75, 3.05) is 7.05 Å². The summed E-state index contributed by atoms with van der Waals surface area (Å²) in [5.41, 5.74) is 8.66. The van der Waals surface area contributed by atoms with Gasteiger partial charge in [-0.2, -0.15) is 0 Å². The number of hydrogen-bond donors (Lipinski definition) is 1. The monoisotopic (exact) mass is 265 g/mol. The fourth-order valence-corrected chi connectivity index (χ4v) is 3.49. The Labute approximate surface area is 122 Å². The molecule has 20 heavy (non-hydrogen) atoms. The molecule has 1 heteroatoms. The Hall–Kier alpha value is -1.60. The summed E-state index contributed by atoms with van der Waals surface area (Å²) < 4.78 is 0. The van der Waals surface area contributed by atoms with Crippen LogP contribution in [-0.2, 0) is 6.42 Å². The zero-order valence-corrected chi connectivity index (χ0v) is 12.8. The summed E-state index contributed by atoms with van der Waals surface area (Å²) in [5, 5.41) is 3.55. The molecular weight excluding hydrogens is 242 g/mol. The van der Waals surface area contributed by atoms with Gasteiger partial charge in [0.15, 0.2) is 0 Å². The fourth-order valence-electron chi connectivity index (χ4n) is 3.49. The van der Waals surface area contributed by atoms with Gasteiger partial charge in [-0.3, -0.25) is 0 Å². The molecule has 104 valence electrons. The first-order chi connectivity index (χ1) is 9.61. The Balaban J connectivity index is 1.98. The van der Waals surface area contributed by atoms with E-state index in [-0.39, 0.29) is 0 Å². The summed E-state index contributed by atoms with van der Waals surface area (Å²) in [4.78, 5) is 0. The van der Waals surface area contributed by atoms with Crippen molar-refractivity contribution in [2.24, 2.45) is 0 Å². The van der Waals surface area contributed by atoms with Crippen molar-refractivity contribution in [3.63, 3.8) is 0 Å². The molecule has 2 atom stereocenters. The molecule has 1 N–H and O–H groups in total. The molecule has 2 unspecified atom stereocenters. The molecule has 0 spiro atoms. The third kappa shape index (κ3) is 2.06. The lowest BCUT2D eigenvalue weighted by Crippen LogP contribution is -2.31. The second kappa shape index (κ2) is 5.06. The van der Waals surface area contributed by atoms with Crippen molar-refractivity contribution in [1.29, 1.82) is 0 Å². The Kier molecular flexibility index (Phi) is 3.39. The largest absolute Gasteiger partial charge is 0.312 e. The van der Waals surface area contributed by atoms with Crippen LogP contribution in [0, 0.1) is 20.8 Å². The summed E-state index contributed by atoms with van der Waals surface area (Å²) in [6.07, 6.45) is 1.19. The van der Waals surface area contributed by atoms with Gasteiger partial charge in [-0.1, -0.05) is 36.4 Å². The summed E-state index contributed by atoms with van der Waals surface area (Å²) in [7, 11) is 2.08. The molecule has 2 aromatic carbocycles. The Morgan fingerprint density at radius 2 is 1.70 bits per heavy atom. The standard InChI is InChI=1S/C19H23N/c1-12-9-14(3)17(10-13(12)2)19(20-4)18-11-15-7-5-6-8-16(15)18/h5-10,18-20H,11H2,1-4H3. The van der Waals surface area contributed by atoms with Crippen LogP contribution in [-0.4, -0.2) is 7.05 Å². The Morgan fingerprint density at radius 1 is 1.00 bits per heavy atom. The van der Waals surface area contributed by atoms with Crippen LogP contribution in [0.3, 0.4) is 0 Å². The van der Waals surface area contributed by atoms with Gasteiger partial charge < -0.3 is 5.32 Å². The lowest BCUT2D eigenvalue weighted by molar-refractivity contribution is 0.437. The summed E-state index contributed by atoms with van der Waals surface area (Å²) in [5.74, 6) is 0.608. The van der Waals surface area contributed by atoms with Crippen LogP contribution in [0.5, 0.6) is 0 Å². The minimum absolute atomic E-state index is 0.421. The van der Waals surface area contributed by atoms with E-state index in [0.29, 0.717) is 12.0 Å². The van der Waals surface area contributed by atoms with E-state index in [4.69, 9.17) is 0 Å². The highest BCUT2D eigenvalue weighted by Gasteiger charge is 2.33. The van der Waals surface area contributed by atoms with Crippen molar-refractivity contribution < 1.29 is 0 Å². The van der Waals surface area contributed by atoms with Gasteiger partial charge in [0, 0.05) is 12.0 Å². The molecule has 0 amide bonds. The van der Waals surface area contributed by atoms with Crippen LogP contribution >= 0.6 is 0 Å². The lowest BCUT2D eigenvalue weighted by atomic mass is 9.71. The molecule has 2 aromatic rings. The average molecular weight is 265 g/mol. The fraction of sp³-hybridized carbons (Fsp3) is 0.368. The van der Waals surface area contributed by atoms with Gasteiger partial charge in [0.05, 0.1) is 0 Å². The molecule has 0 aromatic heterocycles. The first-order valence-electron chi connectivity index (χ1n) is 7.44. The summed E-state index contributed by atoms with van der Waals surface area (Å²) in [6, 6.07) is 13.9. The predicted molar refractivity (Wildman–Crippen MR) is 85.3 cm³/mol. The maximum absolute atomic E-state index is 3.55. The number of nitrogens with one attached hydrogen (secondary N) is 1. The summed E-state index contributed by atoms with van der Waals surface area (Å²) >= 11 is 0. The van der Waals surface area contributed by atoms with Gasteiger partial charge in [-0.15, -0.1) is 0 Å². The van der Waals surface area contributed by atoms with E-state index in [9.17, 15) is 0 Å². The number of rotatable bonds is 3. The smallest absolute Gasteiger partial charge is 0.0393 e. The predicted octanol–water partition coefficient (Wildman–Crippen LogP) is 4.21. The molecule has 0 aliphatic heterocycles. The van der Waals surface area contributed by atoms with Crippen molar-refractivity contribution >= 4 is 0 Å². The molecule has 0 heterocycles. The van der Waals surface area contributed by atoms with Gasteiger partial charge in [0.2, 0.25) is 0 Å². The van der Waals surface area contributed by atoms with Gasteiger partial charge in [0.25, 0.3) is 0 Å². The highest BCUT2D eigenvalue weighted by molar-refractivity contribution is 5.46. The number of benzene rings is 2. The van der Waals surface area contributed by atoms with Crippen molar-refractivity contribution in [1.82, 2.24) is 5.32 Å². The third-order valence-corrected chi connectivity index (χ3v) is 4.83. The molecule has 1 aliphatic carbocycles. The van der Waals surface area contributed by atoms with E-state index in [1.165, 1.54) is 39.8 Å². The first kappa shape index (κ1) is 13.4. The highest BCUT2D eigenvalue weighted by Crippen LogP contribution is 2.44. The van der Waals surface area contributed by atoms with E-state index < -0.39 is 0 Å². The first-order valence-corrected chi connectivity index (χ1v) is 7.44. The number of fused-ring (bicyclic) bond motifs is 1. The molecule has 0 saturated carbocycles. The van der Waals surface area contributed by atoms with E-state index in [1.807, 2.05) is 0 Å². The van der Waals surface area contributed by atoms with Crippen LogP contribution in [0.1, 0.15) is 45.3 Å². The quantitative estimate of drug-likeness (QED) is 0.876. The molecule has 1 aliphatic rings. The van der Waals surface area contributed by atoms with E-state index in [2.05, 4.69) is 69.5 Å². The van der Waals surface area contributed by atoms with Crippen LogP contribution < -0.4 is 5.32 Å². The van der Waals surface area contributed by atoms with Crippen molar-refractivity contribution in [3.05, 3.63) is 69.8 Å².